The number of hydrogen-bond donors (Lipinski definition) is 1. The number of halogens is 1. The summed E-state index contributed by atoms with van der Waals surface area (Å²) in [5.74, 6) is 1.61. The highest BCUT2D eigenvalue weighted by molar-refractivity contribution is 5.85. The van der Waals surface area contributed by atoms with Gasteiger partial charge in [-0.1, -0.05) is 31.4 Å². The van der Waals surface area contributed by atoms with E-state index in [0.29, 0.717) is 18.4 Å². The molecule has 0 bridgehead atoms. The Morgan fingerprint density at radius 1 is 1.21 bits per heavy atom. The number of anilines is 1. The molecule has 1 aromatic rings. The average molecular weight is 350 g/mol. The Bertz CT molecular complexity index is 597. The maximum absolute atomic E-state index is 11.4. The number of ketones is 1. The number of ether oxygens (including phenoxy) is 1. The van der Waals surface area contributed by atoms with E-state index in [1.807, 2.05) is 0 Å². The molecule has 1 aliphatic carbocycles. The van der Waals surface area contributed by atoms with E-state index < -0.39 is 0 Å². The third-order valence-corrected chi connectivity index (χ3v) is 5.95. The first-order valence-corrected chi connectivity index (χ1v) is 9.23. The molecule has 1 aromatic carbocycles. The van der Waals surface area contributed by atoms with Crippen LogP contribution in [0.2, 0.25) is 0 Å². The Morgan fingerprint density at radius 2 is 2.00 bits per heavy atom. The maximum atomic E-state index is 11.4. The molecule has 24 heavy (non-hydrogen) atoms. The summed E-state index contributed by atoms with van der Waals surface area (Å²) in [6.45, 7) is 2.53. The maximum Gasteiger partial charge on any atom is 0.134 e. The first kappa shape index (κ1) is 17.8. The van der Waals surface area contributed by atoms with Crippen LogP contribution in [0.4, 0.5) is 5.69 Å². The fourth-order valence-electron chi connectivity index (χ4n) is 4.92. The largest absolute Gasteiger partial charge is 0.381 e. The summed E-state index contributed by atoms with van der Waals surface area (Å²) in [7, 11) is 0. The highest BCUT2D eigenvalue weighted by Gasteiger charge is 2.43. The van der Waals surface area contributed by atoms with E-state index in [1.54, 1.807) is 6.92 Å². The molecule has 3 nitrogen and oxygen atoms in total. The van der Waals surface area contributed by atoms with Crippen molar-refractivity contribution < 1.29 is 9.53 Å². The van der Waals surface area contributed by atoms with Crippen LogP contribution >= 0.6 is 12.4 Å². The van der Waals surface area contributed by atoms with Gasteiger partial charge in [0.15, 0.2) is 0 Å². The fraction of sp³-hybridized carbons (Fsp3) is 0.650. The van der Waals surface area contributed by atoms with Crippen LogP contribution in [0.3, 0.4) is 0 Å². The first-order chi connectivity index (χ1) is 11.2. The number of rotatable bonds is 3. The molecule has 0 aromatic heterocycles. The molecule has 2 aliphatic heterocycles. The Morgan fingerprint density at radius 3 is 2.75 bits per heavy atom. The summed E-state index contributed by atoms with van der Waals surface area (Å²) >= 11 is 0. The second kappa shape index (κ2) is 7.45. The summed E-state index contributed by atoms with van der Waals surface area (Å²) < 4.78 is 6.14. The number of carbonyl (C=O) groups is 1. The van der Waals surface area contributed by atoms with Crippen molar-refractivity contribution in [1.82, 2.24) is 0 Å². The highest BCUT2D eigenvalue weighted by atomic mass is 35.5. The van der Waals surface area contributed by atoms with Gasteiger partial charge in [-0.05, 0) is 43.7 Å². The third-order valence-electron chi connectivity index (χ3n) is 5.95. The van der Waals surface area contributed by atoms with Gasteiger partial charge in [0.05, 0.1) is 6.10 Å². The van der Waals surface area contributed by atoms with Crippen LogP contribution in [-0.4, -0.2) is 18.4 Å². The molecule has 2 heterocycles. The number of fused-ring (bicyclic) bond motifs is 3. The van der Waals surface area contributed by atoms with Gasteiger partial charge in [0.2, 0.25) is 0 Å². The lowest BCUT2D eigenvalue weighted by atomic mass is 9.73. The SMILES string of the molecule is CC(=O)Cc1ccc2c(c1)[C@H]1OCC[C@H]1[C@@H](C1CCCCC1)N2.Cl. The van der Waals surface area contributed by atoms with Crippen molar-refractivity contribution in [2.75, 3.05) is 11.9 Å². The highest BCUT2D eigenvalue weighted by Crippen LogP contribution is 2.48. The molecular formula is C20H28ClNO2. The first-order valence-electron chi connectivity index (χ1n) is 9.23. The quantitative estimate of drug-likeness (QED) is 0.860. The van der Waals surface area contributed by atoms with Crippen molar-refractivity contribution >= 4 is 23.9 Å². The van der Waals surface area contributed by atoms with Crippen molar-refractivity contribution in [3.05, 3.63) is 29.3 Å². The molecule has 1 saturated carbocycles. The zero-order valence-electron chi connectivity index (χ0n) is 14.4. The second-order valence-corrected chi connectivity index (χ2v) is 7.61. The van der Waals surface area contributed by atoms with Crippen LogP contribution in [0.5, 0.6) is 0 Å². The van der Waals surface area contributed by atoms with Crippen LogP contribution < -0.4 is 5.32 Å². The molecule has 0 unspecified atom stereocenters. The Balaban J connectivity index is 0.00000169. The Labute approximate surface area is 151 Å². The smallest absolute Gasteiger partial charge is 0.134 e. The van der Waals surface area contributed by atoms with Gasteiger partial charge in [-0.25, -0.2) is 0 Å². The summed E-state index contributed by atoms with van der Waals surface area (Å²) in [6.07, 6.45) is 8.80. The van der Waals surface area contributed by atoms with E-state index in [9.17, 15) is 4.79 Å². The molecule has 1 saturated heterocycles. The van der Waals surface area contributed by atoms with Crippen molar-refractivity contribution in [1.29, 1.82) is 0 Å². The lowest BCUT2D eigenvalue weighted by Crippen LogP contribution is -2.42. The van der Waals surface area contributed by atoms with Gasteiger partial charge in [0.25, 0.3) is 0 Å². The zero-order chi connectivity index (χ0) is 15.8. The van der Waals surface area contributed by atoms with Crippen LogP contribution in [0.1, 0.15) is 62.7 Å². The topological polar surface area (TPSA) is 38.3 Å². The molecule has 2 fully saturated rings. The van der Waals surface area contributed by atoms with E-state index in [1.165, 1.54) is 43.4 Å². The summed E-state index contributed by atoms with van der Waals surface area (Å²) in [5, 5.41) is 3.85. The fourth-order valence-corrected chi connectivity index (χ4v) is 4.92. The van der Waals surface area contributed by atoms with Crippen molar-refractivity contribution in [2.45, 2.75) is 64.0 Å². The van der Waals surface area contributed by atoms with E-state index in [2.05, 4.69) is 23.5 Å². The lowest BCUT2D eigenvalue weighted by Gasteiger charge is -2.42. The number of hydrogen-bond acceptors (Lipinski definition) is 3. The van der Waals surface area contributed by atoms with Crippen molar-refractivity contribution in [3.8, 4) is 0 Å². The van der Waals surface area contributed by atoms with Gasteiger partial charge in [-0.3, -0.25) is 4.79 Å². The predicted octanol–water partition coefficient (Wildman–Crippen LogP) is 4.69. The van der Waals surface area contributed by atoms with Gasteiger partial charge in [0, 0.05) is 36.2 Å². The molecule has 3 aliphatic rings. The van der Waals surface area contributed by atoms with Crippen LogP contribution in [0.15, 0.2) is 18.2 Å². The predicted molar refractivity (Wildman–Crippen MR) is 98.9 cm³/mol. The molecular weight excluding hydrogens is 322 g/mol. The minimum Gasteiger partial charge on any atom is -0.381 e. The lowest BCUT2D eigenvalue weighted by molar-refractivity contribution is -0.116. The van der Waals surface area contributed by atoms with E-state index >= 15 is 0 Å². The second-order valence-electron chi connectivity index (χ2n) is 7.61. The van der Waals surface area contributed by atoms with Crippen molar-refractivity contribution in [2.24, 2.45) is 11.8 Å². The van der Waals surface area contributed by atoms with E-state index in [-0.39, 0.29) is 24.3 Å². The van der Waals surface area contributed by atoms with Gasteiger partial charge < -0.3 is 10.1 Å². The normalized spacial score (nSPS) is 29.1. The van der Waals surface area contributed by atoms with Crippen LogP contribution in [0.25, 0.3) is 0 Å². The molecule has 1 N–H and O–H groups in total. The van der Waals surface area contributed by atoms with Gasteiger partial charge in [0.1, 0.15) is 5.78 Å². The van der Waals surface area contributed by atoms with Gasteiger partial charge in [-0.15, -0.1) is 12.4 Å². The summed E-state index contributed by atoms with van der Waals surface area (Å²) in [5.41, 5.74) is 3.62. The molecule has 132 valence electrons. The molecule has 0 spiro atoms. The van der Waals surface area contributed by atoms with Gasteiger partial charge in [-0.2, -0.15) is 0 Å². The summed E-state index contributed by atoms with van der Waals surface area (Å²) in [6, 6.07) is 7.03. The van der Waals surface area contributed by atoms with Crippen molar-refractivity contribution in [3.63, 3.8) is 0 Å². The molecule has 3 atom stereocenters. The minimum absolute atomic E-state index is 0. The molecule has 4 heteroatoms. The Hall–Kier alpha value is -1.06. The van der Waals surface area contributed by atoms with Gasteiger partial charge >= 0.3 is 0 Å². The average Bonchev–Trinajstić information content (AvgIpc) is 3.04. The monoisotopic (exact) mass is 349 g/mol. The minimum atomic E-state index is 0. The molecule has 4 rings (SSSR count). The number of Topliss-reactive ketones (excluding diaryl/α,β-unsaturated/α-hetero) is 1. The molecule has 0 radical (unpaired) electrons. The standard InChI is InChI=1S/C20H27NO2.ClH/c1-13(22)11-14-7-8-18-17(12-14)20-16(9-10-23-20)19(21-18)15-5-3-2-4-6-15;/h7-8,12,15-16,19-21H,2-6,9-11H2,1H3;1H/t16-,19+,20-;/m0./s1. The van der Waals surface area contributed by atoms with E-state index in [0.717, 1.165) is 24.5 Å². The number of benzene rings is 1. The zero-order valence-corrected chi connectivity index (χ0v) is 15.2. The number of nitrogens with one attached hydrogen (secondary N) is 1. The molecule has 0 amide bonds. The van der Waals surface area contributed by atoms with Crippen LogP contribution in [0, 0.1) is 11.8 Å². The van der Waals surface area contributed by atoms with Crippen LogP contribution in [-0.2, 0) is 16.0 Å². The summed E-state index contributed by atoms with van der Waals surface area (Å²) in [4.78, 5) is 11.4. The number of carbonyl (C=O) groups excluding carboxylic acids is 1. The Kier molecular flexibility index (Phi) is 5.51. The van der Waals surface area contributed by atoms with E-state index in [4.69, 9.17) is 4.74 Å². The third kappa shape index (κ3) is 3.34.